The number of H-pyrrole nitrogens is 1. The van der Waals surface area contributed by atoms with E-state index in [1.807, 2.05) is 0 Å². The first-order chi connectivity index (χ1) is 21.2. The van der Waals surface area contributed by atoms with E-state index >= 15 is 0 Å². The number of aliphatic hydroxyl groups excluding tert-OH is 1. The summed E-state index contributed by atoms with van der Waals surface area (Å²) in [5, 5.41) is 24.8. The Labute approximate surface area is 257 Å². The van der Waals surface area contributed by atoms with Crippen molar-refractivity contribution in [2.45, 2.75) is 64.8 Å². The number of aliphatic hydroxyl groups is 1. The molecule has 1 saturated heterocycles. The molecule has 238 valence electrons. The van der Waals surface area contributed by atoms with Gasteiger partial charge in [-0.1, -0.05) is 0 Å². The summed E-state index contributed by atoms with van der Waals surface area (Å²) >= 11 is 0. The molecule has 0 bridgehead atoms. The second-order valence-electron chi connectivity index (χ2n) is 11.5. The number of aryl methyl sites for hydroxylation is 3. The first-order valence-electron chi connectivity index (χ1n) is 14.1. The zero-order valence-corrected chi connectivity index (χ0v) is 25.6. The Balaban J connectivity index is 1.46. The third-order valence-corrected chi connectivity index (χ3v) is 7.83. The average Bonchev–Trinajstić information content (AvgIpc) is 3.42. The van der Waals surface area contributed by atoms with Gasteiger partial charge in [0.15, 0.2) is 17.5 Å². The summed E-state index contributed by atoms with van der Waals surface area (Å²) in [7, 11) is 1.41. The number of amides is 1. The molecule has 6 N–H and O–H groups in total. The lowest BCUT2D eigenvalue weighted by Crippen LogP contribution is -2.64. The maximum Gasteiger partial charge on any atom is 0.364 e. The molecule has 13 heteroatoms. The third-order valence-electron chi connectivity index (χ3n) is 7.83. The number of carbonyl (C=O) groups is 2. The molecule has 0 spiro atoms. The van der Waals surface area contributed by atoms with Crippen molar-refractivity contribution in [1.29, 1.82) is 0 Å². The van der Waals surface area contributed by atoms with Gasteiger partial charge in [0.2, 0.25) is 6.29 Å². The van der Waals surface area contributed by atoms with Crippen LogP contribution in [0.1, 0.15) is 51.5 Å². The normalized spacial score (nSPS) is 21.0. The van der Waals surface area contributed by atoms with Gasteiger partial charge in [0.1, 0.15) is 29.2 Å². The zero-order valence-electron chi connectivity index (χ0n) is 25.6. The summed E-state index contributed by atoms with van der Waals surface area (Å²) in [6.07, 6.45) is -4.87. The van der Waals surface area contributed by atoms with Crippen LogP contribution in [-0.4, -0.2) is 64.4 Å². The fraction of sp³-hybridized carbons (Fsp3) is 0.344. The molecule has 1 amide bonds. The first kappa shape index (κ1) is 31.6. The van der Waals surface area contributed by atoms with E-state index in [0.29, 0.717) is 16.8 Å². The molecule has 4 atom stereocenters. The molecule has 1 aliphatic heterocycles. The molecule has 0 radical (unpaired) electrons. The van der Waals surface area contributed by atoms with E-state index in [1.165, 1.54) is 25.3 Å². The lowest BCUT2D eigenvalue weighted by molar-refractivity contribution is -0.305. The molecule has 5 rings (SSSR count). The second-order valence-corrected chi connectivity index (χ2v) is 11.5. The fourth-order valence-electron chi connectivity index (χ4n) is 5.36. The number of aromatic nitrogens is 1. The number of nitrogens with one attached hydrogen (secondary N) is 2. The summed E-state index contributed by atoms with van der Waals surface area (Å²) in [5.74, 6) is -1.73. The van der Waals surface area contributed by atoms with Crippen LogP contribution in [0.4, 0.5) is 11.4 Å². The van der Waals surface area contributed by atoms with Crippen LogP contribution in [0.25, 0.3) is 11.0 Å². The summed E-state index contributed by atoms with van der Waals surface area (Å²) in [4.78, 5) is 41.6. The highest BCUT2D eigenvalue weighted by atomic mass is 16.7. The van der Waals surface area contributed by atoms with E-state index in [9.17, 15) is 24.6 Å². The topological polar surface area (TPSA) is 196 Å². The summed E-state index contributed by atoms with van der Waals surface area (Å²) in [6.45, 7) is 8.49. The smallest absolute Gasteiger partial charge is 0.364 e. The molecular weight excluding hydrogens is 586 g/mol. The Morgan fingerprint density at radius 1 is 1.09 bits per heavy atom. The Kier molecular flexibility index (Phi) is 8.36. The van der Waals surface area contributed by atoms with Gasteiger partial charge in [0.25, 0.3) is 5.91 Å². The van der Waals surface area contributed by atoms with Gasteiger partial charge in [-0.3, -0.25) is 4.79 Å². The molecule has 0 unspecified atom stereocenters. The van der Waals surface area contributed by atoms with Crippen LogP contribution in [-0.2, 0) is 14.2 Å². The van der Waals surface area contributed by atoms with Crippen LogP contribution in [0, 0.1) is 20.8 Å². The summed E-state index contributed by atoms with van der Waals surface area (Å²) in [5.41, 5.74) is 5.92. The number of esters is 1. The van der Waals surface area contributed by atoms with E-state index in [1.54, 1.807) is 58.9 Å². The number of aromatic hydroxyl groups is 1. The average molecular weight is 622 g/mol. The molecular formula is C32H35N3O10. The largest absolute Gasteiger partial charge is 0.505 e. The predicted octanol–water partition coefficient (Wildman–Crippen LogP) is 3.70. The number of benzene rings is 2. The third kappa shape index (κ3) is 5.97. The second kappa shape index (κ2) is 11.9. The maximum absolute atomic E-state index is 13.0. The number of carbonyl (C=O) groups excluding carboxylic acids is 2. The van der Waals surface area contributed by atoms with E-state index in [2.05, 4.69) is 10.3 Å². The highest BCUT2D eigenvalue weighted by molar-refractivity contribution is 6.06. The van der Waals surface area contributed by atoms with Gasteiger partial charge in [0, 0.05) is 29.6 Å². The van der Waals surface area contributed by atoms with Crippen LogP contribution in [0.15, 0.2) is 51.7 Å². The van der Waals surface area contributed by atoms with Gasteiger partial charge in [-0.2, -0.15) is 0 Å². The van der Waals surface area contributed by atoms with E-state index in [0.717, 1.165) is 5.69 Å². The Morgan fingerprint density at radius 3 is 2.47 bits per heavy atom. The number of fused-ring (bicyclic) bond motifs is 1. The van der Waals surface area contributed by atoms with Gasteiger partial charge < -0.3 is 49.6 Å². The lowest BCUT2D eigenvalue weighted by atomic mass is 9.89. The van der Waals surface area contributed by atoms with E-state index in [4.69, 9.17) is 29.1 Å². The maximum atomic E-state index is 13.0. The number of aromatic amines is 1. The van der Waals surface area contributed by atoms with Crippen molar-refractivity contribution < 1.29 is 43.2 Å². The van der Waals surface area contributed by atoms with Crippen molar-refractivity contribution in [1.82, 2.24) is 4.98 Å². The molecule has 4 aromatic rings. The van der Waals surface area contributed by atoms with Crippen LogP contribution in [0.2, 0.25) is 0 Å². The minimum atomic E-state index is -1.34. The summed E-state index contributed by atoms with van der Waals surface area (Å²) < 4.78 is 29.0. The first-order valence-corrected chi connectivity index (χ1v) is 14.1. The standard InChI is InChI=1S/C32H35N3O10/c1-14-13-17(8-10-19(14)33)28(38)35-22-23(36)18-9-12-21(16(3)25(18)43-30(22)40)42-31-26(24(37)27(41-6)32(4,5)45-31)44-29(39)20-11-7-15(2)34-20/h7-13,24,26-27,31,34,36-37H,33H2,1-6H3,(H,35,38)/t24-,26+,27+,31+/m0/s1. The highest BCUT2D eigenvalue weighted by Gasteiger charge is 2.53. The van der Waals surface area contributed by atoms with Crippen LogP contribution < -0.4 is 21.4 Å². The van der Waals surface area contributed by atoms with Crippen molar-refractivity contribution in [2.24, 2.45) is 0 Å². The highest BCUT2D eigenvalue weighted by Crippen LogP contribution is 2.38. The lowest BCUT2D eigenvalue weighted by Gasteiger charge is -2.47. The SMILES string of the molecule is CO[C@@H]1[C@@H](O)[C@@H](OC(=O)c2ccc(C)[nH]2)[C@H](Oc2ccc3c(O)c(NC(=O)c4ccc(N)c(C)c4)c(=O)oc3c2C)OC1(C)C. The van der Waals surface area contributed by atoms with Crippen molar-refractivity contribution in [3.8, 4) is 11.5 Å². The minimum Gasteiger partial charge on any atom is -0.505 e. The zero-order chi connectivity index (χ0) is 32.8. The van der Waals surface area contributed by atoms with Crippen LogP contribution >= 0.6 is 0 Å². The van der Waals surface area contributed by atoms with E-state index in [-0.39, 0.29) is 28.0 Å². The molecule has 13 nitrogen and oxygen atoms in total. The van der Waals surface area contributed by atoms with Crippen LogP contribution in [0.3, 0.4) is 0 Å². The van der Waals surface area contributed by atoms with E-state index < -0.39 is 59.1 Å². The Hall–Kier alpha value is -4.85. The van der Waals surface area contributed by atoms with Crippen molar-refractivity contribution in [2.75, 3.05) is 18.2 Å². The number of hydrogen-bond acceptors (Lipinski definition) is 11. The Morgan fingerprint density at radius 2 is 1.82 bits per heavy atom. The molecule has 0 saturated carbocycles. The van der Waals surface area contributed by atoms with Crippen molar-refractivity contribution in [3.63, 3.8) is 0 Å². The quantitative estimate of drug-likeness (QED) is 0.115. The monoisotopic (exact) mass is 621 g/mol. The number of ether oxygens (including phenoxy) is 4. The number of rotatable bonds is 7. The van der Waals surface area contributed by atoms with Crippen molar-refractivity contribution in [3.05, 3.63) is 81.0 Å². The number of anilines is 2. The number of nitrogen functional groups attached to an aromatic ring is 1. The molecule has 2 aromatic heterocycles. The van der Waals surface area contributed by atoms with Crippen LogP contribution in [0.5, 0.6) is 11.5 Å². The number of methoxy groups -OCH3 is 1. The summed E-state index contributed by atoms with van der Waals surface area (Å²) in [6, 6.07) is 10.8. The molecule has 1 fully saturated rings. The van der Waals surface area contributed by atoms with Gasteiger partial charge in [0.05, 0.1) is 11.0 Å². The van der Waals surface area contributed by atoms with Gasteiger partial charge in [-0.15, -0.1) is 0 Å². The van der Waals surface area contributed by atoms with Crippen molar-refractivity contribution >= 4 is 34.2 Å². The van der Waals surface area contributed by atoms with Gasteiger partial charge >= 0.3 is 11.6 Å². The number of hydrogen-bond donors (Lipinski definition) is 5. The molecule has 1 aliphatic rings. The minimum absolute atomic E-state index is 0.0166. The van der Waals surface area contributed by atoms with Gasteiger partial charge in [-0.05, 0) is 82.6 Å². The Bertz CT molecular complexity index is 1840. The molecule has 2 aromatic carbocycles. The molecule has 0 aliphatic carbocycles. The molecule has 3 heterocycles. The predicted molar refractivity (Wildman–Crippen MR) is 164 cm³/mol. The number of nitrogens with two attached hydrogens (primary N) is 1. The fourth-order valence-corrected chi connectivity index (χ4v) is 5.36. The molecule has 45 heavy (non-hydrogen) atoms. The van der Waals surface area contributed by atoms with Gasteiger partial charge in [-0.25, -0.2) is 9.59 Å².